The fraction of sp³-hybridized carbons (Fsp3) is 0. The second-order valence-electron chi connectivity index (χ2n) is 3.98. The molecule has 2 aromatic carbocycles. The van der Waals surface area contributed by atoms with Crippen LogP contribution in [0.1, 0.15) is 15.9 Å². The van der Waals surface area contributed by atoms with Gasteiger partial charge in [0.25, 0.3) is 5.91 Å². The van der Waals surface area contributed by atoms with Gasteiger partial charge in [-0.25, -0.2) is 17.6 Å². The van der Waals surface area contributed by atoms with E-state index in [1.54, 1.807) is 0 Å². The lowest BCUT2D eigenvalue weighted by molar-refractivity contribution is 0.0996. The highest BCUT2D eigenvalue weighted by molar-refractivity contribution is 7.80. The Bertz CT molecular complexity index is 660. The molecule has 0 aromatic heterocycles. The molecule has 0 aliphatic rings. The summed E-state index contributed by atoms with van der Waals surface area (Å²) in [5.74, 6) is -3.92. The van der Waals surface area contributed by atoms with Gasteiger partial charge in [-0.15, -0.1) is 0 Å². The molecule has 0 aliphatic heterocycles. The molecule has 0 unspecified atom stereocenters. The lowest BCUT2D eigenvalue weighted by Crippen LogP contribution is -2.12. The number of carbonyl (C=O) groups excluding carboxylic acids is 1. The number of rotatable bonds is 2. The van der Waals surface area contributed by atoms with E-state index < -0.39 is 29.2 Å². The number of carbonyl (C=O) groups is 1. The molecular formula is C14H10F4N2OS. The number of thiocarbonyl (C=S) groups is 1. The molecule has 1 amide bonds. The fourth-order valence-electron chi connectivity index (χ4n) is 1.38. The summed E-state index contributed by atoms with van der Waals surface area (Å²) in [6.45, 7) is 0. The molecule has 3 nitrogen and oxygen atoms in total. The van der Waals surface area contributed by atoms with Gasteiger partial charge in [0.15, 0.2) is 0 Å². The molecule has 0 spiro atoms. The standard InChI is InChI=1S/C7H5F2NO.C7H5F2NS/c2*8-4-1-2-5(7(10)11)6(9)3-4/h2*1-3H,(H2,10,11). The van der Waals surface area contributed by atoms with Crippen LogP contribution in [0.2, 0.25) is 0 Å². The summed E-state index contributed by atoms with van der Waals surface area (Å²) in [7, 11) is 0. The van der Waals surface area contributed by atoms with E-state index in [0.717, 1.165) is 24.3 Å². The van der Waals surface area contributed by atoms with Crippen molar-refractivity contribution in [3.8, 4) is 0 Å². The maximum absolute atomic E-state index is 12.7. The van der Waals surface area contributed by atoms with E-state index in [-0.39, 0.29) is 16.1 Å². The van der Waals surface area contributed by atoms with Crippen molar-refractivity contribution in [1.29, 1.82) is 0 Å². The van der Waals surface area contributed by atoms with Gasteiger partial charge < -0.3 is 11.5 Å². The van der Waals surface area contributed by atoms with Crippen LogP contribution in [-0.2, 0) is 0 Å². The number of hydrogen-bond acceptors (Lipinski definition) is 2. The van der Waals surface area contributed by atoms with Gasteiger partial charge in [-0.2, -0.15) is 0 Å². The zero-order valence-corrected chi connectivity index (χ0v) is 11.8. The van der Waals surface area contributed by atoms with Gasteiger partial charge in [0.1, 0.15) is 28.3 Å². The third kappa shape index (κ3) is 4.81. The monoisotopic (exact) mass is 330 g/mol. The summed E-state index contributed by atoms with van der Waals surface area (Å²) >= 11 is 4.51. The maximum Gasteiger partial charge on any atom is 0.251 e. The Morgan fingerprint density at radius 2 is 1.23 bits per heavy atom. The molecule has 0 saturated carbocycles. The quantitative estimate of drug-likeness (QED) is 0.657. The maximum atomic E-state index is 12.7. The molecule has 0 heterocycles. The van der Waals surface area contributed by atoms with Gasteiger partial charge in [-0.3, -0.25) is 4.79 Å². The first-order chi connectivity index (χ1) is 10.2. The summed E-state index contributed by atoms with van der Waals surface area (Å²) in [6, 6.07) is 5.66. The number of hydrogen-bond donors (Lipinski definition) is 2. The highest BCUT2D eigenvalue weighted by Crippen LogP contribution is 2.09. The van der Waals surface area contributed by atoms with Crippen molar-refractivity contribution in [3.05, 3.63) is 70.8 Å². The Kier molecular flexibility index (Phi) is 6.00. The zero-order chi connectivity index (χ0) is 16.9. The minimum atomic E-state index is -0.933. The SMILES string of the molecule is NC(=O)c1ccc(F)cc1F.NC(=S)c1ccc(F)cc1F. The molecule has 22 heavy (non-hydrogen) atoms. The van der Waals surface area contributed by atoms with Crippen LogP contribution >= 0.6 is 12.2 Å². The normalized spacial score (nSPS) is 9.64. The molecule has 4 N–H and O–H groups in total. The molecular weight excluding hydrogens is 320 g/mol. The largest absolute Gasteiger partial charge is 0.389 e. The molecule has 0 aliphatic carbocycles. The molecule has 2 aromatic rings. The number of benzene rings is 2. The highest BCUT2D eigenvalue weighted by Gasteiger charge is 2.07. The van der Waals surface area contributed by atoms with E-state index in [1.807, 2.05) is 0 Å². The molecule has 0 saturated heterocycles. The molecule has 0 radical (unpaired) electrons. The van der Waals surface area contributed by atoms with Crippen LogP contribution in [0.5, 0.6) is 0 Å². The van der Waals surface area contributed by atoms with Crippen molar-refractivity contribution in [2.45, 2.75) is 0 Å². The highest BCUT2D eigenvalue weighted by atomic mass is 32.1. The average molecular weight is 330 g/mol. The van der Waals surface area contributed by atoms with Crippen molar-refractivity contribution < 1.29 is 22.4 Å². The lowest BCUT2D eigenvalue weighted by atomic mass is 10.2. The van der Waals surface area contributed by atoms with Gasteiger partial charge >= 0.3 is 0 Å². The average Bonchev–Trinajstić information content (AvgIpc) is 2.38. The minimum absolute atomic E-state index is 0.0671. The van der Waals surface area contributed by atoms with E-state index in [0.29, 0.717) is 6.07 Å². The third-order valence-electron chi connectivity index (χ3n) is 2.39. The number of primary amides is 1. The van der Waals surface area contributed by atoms with Crippen molar-refractivity contribution >= 4 is 23.1 Å². The van der Waals surface area contributed by atoms with Crippen LogP contribution in [0.3, 0.4) is 0 Å². The van der Waals surface area contributed by atoms with E-state index in [9.17, 15) is 22.4 Å². The van der Waals surface area contributed by atoms with Crippen LogP contribution in [0, 0.1) is 23.3 Å². The van der Waals surface area contributed by atoms with Crippen molar-refractivity contribution in [2.24, 2.45) is 11.5 Å². The number of amides is 1. The third-order valence-corrected chi connectivity index (χ3v) is 2.61. The van der Waals surface area contributed by atoms with E-state index in [1.165, 1.54) is 6.07 Å². The first-order valence-electron chi connectivity index (χ1n) is 5.72. The smallest absolute Gasteiger partial charge is 0.251 e. The number of nitrogens with two attached hydrogens (primary N) is 2. The van der Waals surface area contributed by atoms with Crippen LogP contribution in [-0.4, -0.2) is 10.9 Å². The Morgan fingerprint density at radius 3 is 1.55 bits per heavy atom. The van der Waals surface area contributed by atoms with Gasteiger partial charge in [-0.1, -0.05) is 12.2 Å². The first kappa shape index (κ1) is 17.6. The van der Waals surface area contributed by atoms with Gasteiger partial charge in [-0.05, 0) is 24.3 Å². The van der Waals surface area contributed by atoms with Gasteiger partial charge in [0.2, 0.25) is 0 Å². The zero-order valence-electron chi connectivity index (χ0n) is 10.9. The van der Waals surface area contributed by atoms with Crippen molar-refractivity contribution in [3.63, 3.8) is 0 Å². The molecule has 116 valence electrons. The summed E-state index contributed by atoms with van der Waals surface area (Å²) in [5, 5.41) is 0. The molecule has 2 rings (SSSR count). The van der Waals surface area contributed by atoms with Crippen molar-refractivity contribution in [2.75, 3.05) is 0 Å². The summed E-state index contributed by atoms with van der Waals surface area (Å²) in [5.41, 5.74) is 9.67. The van der Waals surface area contributed by atoms with Crippen LogP contribution in [0.4, 0.5) is 17.6 Å². The Balaban J connectivity index is 0.000000220. The van der Waals surface area contributed by atoms with Crippen LogP contribution in [0.25, 0.3) is 0 Å². The second-order valence-corrected chi connectivity index (χ2v) is 4.42. The lowest BCUT2D eigenvalue weighted by Gasteiger charge is -1.98. The number of halogens is 4. The van der Waals surface area contributed by atoms with E-state index >= 15 is 0 Å². The first-order valence-corrected chi connectivity index (χ1v) is 6.13. The Labute approximate surface area is 128 Å². The minimum Gasteiger partial charge on any atom is -0.389 e. The Morgan fingerprint density at radius 1 is 0.818 bits per heavy atom. The van der Waals surface area contributed by atoms with E-state index in [4.69, 9.17) is 11.5 Å². The van der Waals surface area contributed by atoms with Crippen LogP contribution in [0.15, 0.2) is 36.4 Å². The second kappa shape index (κ2) is 7.51. The predicted octanol–water partition coefficient (Wildman–Crippen LogP) is 2.66. The predicted molar refractivity (Wildman–Crippen MR) is 77.1 cm³/mol. The van der Waals surface area contributed by atoms with Crippen LogP contribution < -0.4 is 11.5 Å². The summed E-state index contributed by atoms with van der Waals surface area (Å²) < 4.78 is 49.8. The molecule has 0 bridgehead atoms. The van der Waals surface area contributed by atoms with E-state index in [2.05, 4.69) is 12.2 Å². The molecule has 0 atom stereocenters. The Hall–Kier alpha value is -2.48. The summed E-state index contributed by atoms with van der Waals surface area (Å²) in [4.78, 5) is 10.3. The van der Waals surface area contributed by atoms with Gasteiger partial charge in [0, 0.05) is 17.7 Å². The topological polar surface area (TPSA) is 69.1 Å². The van der Waals surface area contributed by atoms with Crippen molar-refractivity contribution in [1.82, 2.24) is 0 Å². The van der Waals surface area contributed by atoms with Gasteiger partial charge in [0.05, 0.1) is 5.56 Å². The molecule has 0 fully saturated rings. The fourth-order valence-corrected chi connectivity index (χ4v) is 1.54. The molecule has 8 heteroatoms. The summed E-state index contributed by atoms with van der Waals surface area (Å²) in [6.07, 6.45) is 0.